The zero-order chi connectivity index (χ0) is 20.8. The van der Waals surface area contributed by atoms with Gasteiger partial charge in [-0.05, 0) is 47.5 Å². The van der Waals surface area contributed by atoms with Crippen molar-refractivity contribution in [1.29, 1.82) is 0 Å². The second kappa shape index (κ2) is 8.84. The molecule has 0 saturated carbocycles. The highest BCUT2D eigenvalue weighted by Crippen LogP contribution is 2.24. The molecule has 1 aromatic heterocycles. The average molecular weight is 393 g/mol. The Morgan fingerprint density at radius 2 is 1.13 bits per heavy atom. The van der Waals surface area contributed by atoms with Crippen LogP contribution in [0.25, 0.3) is 11.1 Å². The highest BCUT2D eigenvalue weighted by Gasteiger charge is 2.12. The van der Waals surface area contributed by atoms with E-state index in [1.807, 2.05) is 42.5 Å². The first kappa shape index (κ1) is 19.1. The minimum Gasteiger partial charge on any atom is -0.320 e. The maximum absolute atomic E-state index is 12.7. The Balaban J connectivity index is 1.49. The molecular formula is C25H19N3O2. The predicted octanol–water partition coefficient (Wildman–Crippen LogP) is 5.25. The molecule has 30 heavy (non-hydrogen) atoms. The van der Waals surface area contributed by atoms with E-state index >= 15 is 0 Å². The van der Waals surface area contributed by atoms with E-state index in [1.165, 1.54) is 6.20 Å². The van der Waals surface area contributed by atoms with Crippen LogP contribution in [0.5, 0.6) is 0 Å². The highest BCUT2D eigenvalue weighted by atomic mass is 16.2. The highest BCUT2D eigenvalue weighted by molar-refractivity contribution is 6.10. The third-order valence-electron chi connectivity index (χ3n) is 4.60. The van der Waals surface area contributed by atoms with Gasteiger partial charge in [0.1, 0.15) is 0 Å². The molecule has 3 aromatic carbocycles. The summed E-state index contributed by atoms with van der Waals surface area (Å²) in [6.45, 7) is 0. The molecule has 0 aliphatic rings. The normalized spacial score (nSPS) is 10.3. The maximum atomic E-state index is 12.7. The predicted molar refractivity (Wildman–Crippen MR) is 118 cm³/mol. The molecule has 0 unspecified atom stereocenters. The van der Waals surface area contributed by atoms with Crippen molar-refractivity contribution in [1.82, 2.24) is 4.98 Å². The molecule has 2 amide bonds. The van der Waals surface area contributed by atoms with E-state index < -0.39 is 0 Å². The third-order valence-corrected chi connectivity index (χ3v) is 4.60. The van der Waals surface area contributed by atoms with Gasteiger partial charge in [-0.25, -0.2) is 0 Å². The minimum absolute atomic E-state index is 0.252. The molecule has 5 heteroatoms. The molecule has 0 bridgehead atoms. The lowest BCUT2D eigenvalue weighted by Gasteiger charge is -2.12. The number of pyridine rings is 1. The summed E-state index contributed by atoms with van der Waals surface area (Å²) < 4.78 is 0. The number of hydrogen-bond donors (Lipinski definition) is 2. The zero-order valence-electron chi connectivity index (χ0n) is 16.1. The number of rotatable bonds is 5. The maximum Gasteiger partial charge on any atom is 0.257 e. The van der Waals surface area contributed by atoms with Crippen LogP contribution in [-0.4, -0.2) is 16.8 Å². The van der Waals surface area contributed by atoms with Gasteiger partial charge in [0.15, 0.2) is 0 Å². The van der Waals surface area contributed by atoms with Crippen LogP contribution >= 0.6 is 0 Å². The molecule has 4 aromatic rings. The van der Waals surface area contributed by atoms with Crippen LogP contribution in [0.4, 0.5) is 11.4 Å². The number of aromatic nitrogens is 1. The van der Waals surface area contributed by atoms with Crippen LogP contribution in [0, 0.1) is 0 Å². The van der Waals surface area contributed by atoms with Crippen LogP contribution < -0.4 is 10.6 Å². The summed E-state index contributed by atoms with van der Waals surface area (Å²) >= 11 is 0. The molecule has 0 saturated heterocycles. The van der Waals surface area contributed by atoms with Crippen LogP contribution in [0.3, 0.4) is 0 Å². The summed E-state index contributed by atoms with van der Waals surface area (Å²) in [6, 6.07) is 27.8. The van der Waals surface area contributed by atoms with E-state index in [-0.39, 0.29) is 11.8 Å². The Bertz CT molecular complexity index is 1160. The van der Waals surface area contributed by atoms with Crippen LogP contribution in [0.15, 0.2) is 103 Å². The van der Waals surface area contributed by atoms with Crippen molar-refractivity contribution >= 4 is 23.2 Å². The SMILES string of the molecule is O=C(Nc1ccccc1NC(=O)c1cccnc1)c1ccc(-c2ccccc2)cc1. The number of nitrogens with one attached hydrogen (secondary N) is 2. The van der Waals surface area contributed by atoms with E-state index in [4.69, 9.17) is 0 Å². The van der Waals surface area contributed by atoms with Gasteiger partial charge in [-0.15, -0.1) is 0 Å². The summed E-state index contributed by atoms with van der Waals surface area (Å²) in [7, 11) is 0. The van der Waals surface area contributed by atoms with Gasteiger partial charge in [0.25, 0.3) is 11.8 Å². The lowest BCUT2D eigenvalue weighted by Crippen LogP contribution is -2.16. The smallest absolute Gasteiger partial charge is 0.257 e. The van der Waals surface area contributed by atoms with Gasteiger partial charge in [0, 0.05) is 18.0 Å². The van der Waals surface area contributed by atoms with Crippen molar-refractivity contribution in [3.63, 3.8) is 0 Å². The van der Waals surface area contributed by atoms with Gasteiger partial charge in [0.05, 0.1) is 16.9 Å². The summed E-state index contributed by atoms with van der Waals surface area (Å²) in [5, 5.41) is 5.69. The van der Waals surface area contributed by atoms with Gasteiger partial charge in [-0.2, -0.15) is 0 Å². The second-order valence-electron chi connectivity index (χ2n) is 6.64. The molecule has 5 nitrogen and oxygen atoms in total. The molecule has 0 radical (unpaired) electrons. The number of carbonyl (C=O) groups is 2. The Kier molecular flexibility index (Phi) is 5.62. The molecule has 0 spiro atoms. The van der Waals surface area contributed by atoms with Crippen molar-refractivity contribution in [2.24, 2.45) is 0 Å². The fourth-order valence-corrected chi connectivity index (χ4v) is 3.03. The largest absolute Gasteiger partial charge is 0.320 e. The second-order valence-corrected chi connectivity index (χ2v) is 6.64. The molecule has 0 aliphatic carbocycles. The number of carbonyl (C=O) groups excluding carboxylic acids is 2. The topological polar surface area (TPSA) is 71.1 Å². The van der Waals surface area contributed by atoms with Crippen LogP contribution in [0.2, 0.25) is 0 Å². The fourth-order valence-electron chi connectivity index (χ4n) is 3.03. The van der Waals surface area contributed by atoms with Crippen LogP contribution in [0.1, 0.15) is 20.7 Å². The summed E-state index contributed by atoms with van der Waals surface area (Å²) in [4.78, 5) is 29.1. The number of nitrogens with zero attached hydrogens (tertiary/aromatic N) is 1. The van der Waals surface area contributed by atoms with Gasteiger partial charge >= 0.3 is 0 Å². The summed E-state index contributed by atoms with van der Waals surface area (Å²) in [5.74, 6) is -0.547. The van der Waals surface area contributed by atoms with Gasteiger partial charge < -0.3 is 10.6 Å². The fraction of sp³-hybridized carbons (Fsp3) is 0. The van der Waals surface area contributed by atoms with Gasteiger partial charge in [0.2, 0.25) is 0 Å². The number of hydrogen-bond acceptors (Lipinski definition) is 3. The Hall–Kier alpha value is -4.25. The Labute approximate surface area is 174 Å². The molecule has 146 valence electrons. The standard InChI is InChI=1S/C25H19N3O2/c29-24(20-14-12-19(13-15-20)18-7-2-1-3-8-18)27-22-10-4-5-11-23(22)28-25(30)21-9-6-16-26-17-21/h1-17H,(H,27,29)(H,28,30). The van der Waals surface area contributed by atoms with Crippen molar-refractivity contribution in [2.75, 3.05) is 10.6 Å². The van der Waals surface area contributed by atoms with E-state index in [9.17, 15) is 9.59 Å². The molecule has 0 atom stereocenters. The van der Waals surface area contributed by atoms with Crippen molar-refractivity contribution in [3.05, 3.63) is 115 Å². The Morgan fingerprint density at radius 3 is 1.73 bits per heavy atom. The Morgan fingerprint density at radius 1 is 0.567 bits per heavy atom. The first-order valence-corrected chi connectivity index (χ1v) is 9.48. The lowest BCUT2D eigenvalue weighted by atomic mass is 10.0. The van der Waals surface area contributed by atoms with Crippen molar-refractivity contribution < 1.29 is 9.59 Å². The molecular weight excluding hydrogens is 374 g/mol. The van der Waals surface area contributed by atoms with E-state index in [2.05, 4.69) is 15.6 Å². The van der Waals surface area contributed by atoms with Gasteiger partial charge in [-0.1, -0.05) is 54.6 Å². The monoisotopic (exact) mass is 393 g/mol. The molecule has 0 fully saturated rings. The van der Waals surface area contributed by atoms with Crippen LogP contribution in [-0.2, 0) is 0 Å². The molecule has 0 aliphatic heterocycles. The number of anilines is 2. The minimum atomic E-state index is -0.294. The summed E-state index contributed by atoms with van der Waals surface area (Å²) in [6.07, 6.45) is 3.10. The number of benzene rings is 3. The molecule has 2 N–H and O–H groups in total. The average Bonchev–Trinajstić information content (AvgIpc) is 2.81. The van der Waals surface area contributed by atoms with Gasteiger partial charge in [-0.3, -0.25) is 14.6 Å². The molecule has 1 heterocycles. The van der Waals surface area contributed by atoms with E-state index in [0.717, 1.165) is 11.1 Å². The van der Waals surface area contributed by atoms with Crippen molar-refractivity contribution in [3.8, 4) is 11.1 Å². The summed E-state index contributed by atoms with van der Waals surface area (Å²) in [5.41, 5.74) is 4.13. The van der Waals surface area contributed by atoms with Crippen molar-refractivity contribution in [2.45, 2.75) is 0 Å². The quantitative estimate of drug-likeness (QED) is 0.486. The molecule has 4 rings (SSSR count). The third kappa shape index (κ3) is 4.42. The van der Waals surface area contributed by atoms with E-state index in [0.29, 0.717) is 22.5 Å². The zero-order valence-corrected chi connectivity index (χ0v) is 16.1. The lowest BCUT2D eigenvalue weighted by molar-refractivity contribution is 0.101. The number of amides is 2. The first-order valence-electron chi connectivity index (χ1n) is 9.48. The first-order chi connectivity index (χ1) is 14.7. The van der Waals surface area contributed by atoms with E-state index in [1.54, 1.807) is 54.7 Å². The number of para-hydroxylation sites is 2.